The van der Waals surface area contributed by atoms with E-state index in [-0.39, 0.29) is 5.56 Å². The monoisotopic (exact) mass is 465 g/mol. The molecule has 0 spiro atoms. The van der Waals surface area contributed by atoms with Gasteiger partial charge in [-0.2, -0.15) is 4.90 Å². The molecule has 1 aromatic carbocycles. The van der Waals surface area contributed by atoms with Crippen LogP contribution in [0.25, 0.3) is 0 Å². The number of imide groups is 1. The van der Waals surface area contributed by atoms with E-state index < -0.39 is 46.8 Å². The Balaban J connectivity index is 3.64. The lowest BCUT2D eigenvalue weighted by molar-refractivity contribution is -0.164. The Bertz CT molecular complexity index is 842. The van der Waals surface area contributed by atoms with Crippen molar-refractivity contribution >= 4 is 23.9 Å². The zero-order valence-electron chi connectivity index (χ0n) is 21.1. The number of esters is 1. The Labute approximate surface area is 195 Å². The fourth-order valence-corrected chi connectivity index (χ4v) is 2.55. The highest BCUT2D eigenvalue weighted by Gasteiger charge is 2.44. The highest BCUT2D eigenvalue weighted by molar-refractivity contribution is 6.36. The van der Waals surface area contributed by atoms with Gasteiger partial charge in [-0.25, -0.2) is 14.4 Å². The zero-order chi connectivity index (χ0) is 25.8. The van der Waals surface area contributed by atoms with Crippen molar-refractivity contribution in [1.82, 2.24) is 4.90 Å². The molecule has 0 saturated heterocycles. The fraction of sp³-hybridized carbons (Fsp3) is 0.583. The molecule has 1 rings (SSSR count). The second-order valence-electron chi connectivity index (χ2n) is 10.4. The van der Waals surface area contributed by atoms with Crippen LogP contribution in [0, 0.1) is 0 Å². The molecule has 2 amide bonds. The van der Waals surface area contributed by atoms with Gasteiger partial charge in [-0.05, 0) is 80.0 Å². The molecule has 0 radical (unpaired) electrons. The summed E-state index contributed by atoms with van der Waals surface area (Å²) in [5.41, 5.74) is -2.78. The zero-order valence-corrected chi connectivity index (χ0v) is 21.1. The van der Waals surface area contributed by atoms with E-state index in [2.05, 4.69) is 0 Å². The first-order chi connectivity index (χ1) is 14.8. The minimum Gasteiger partial charge on any atom is -0.497 e. The molecule has 1 aromatic rings. The molecule has 0 aliphatic heterocycles. The van der Waals surface area contributed by atoms with Gasteiger partial charge in [0.25, 0.3) is 5.78 Å². The first-order valence-corrected chi connectivity index (χ1v) is 10.5. The van der Waals surface area contributed by atoms with E-state index in [1.165, 1.54) is 31.4 Å². The molecule has 0 fully saturated rings. The number of ether oxygens (including phenoxy) is 4. The van der Waals surface area contributed by atoms with E-state index in [4.69, 9.17) is 18.9 Å². The number of nitrogens with zero attached hydrogens (tertiary/aromatic N) is 1. The highest BCUT2D eigenvalue weighted by atomic mass is 16.6. The van der Waals surface area contributed by atoms with Crippen molar-refractivity contribution < 1.29 is 38.1 Å². The molecular weight excluding hydrogens is 430 g/mol. The summed E-state index contributed by atoms with van der Waals surface area (Å²) in [5.74, 6) is -1.87. The number of ketones is 1. The number of hydrogen-bond donors (Lipinski definition) is 0. The Hall–Kier alpha value is -3.10. The van der Waals surface area contributed by atoms with Gasteiger partial charge in [0, 0.05) is 0 Å². The third-order valence-electron chi connectivity index (χ3n) is 3.72. The number of amides is 2. The predicted octanol–water partition coefficient (Wildman–Crippen LogP) is 4.82. The molecule has 1 unspecified atom stereocenters. The van der Waals surface area contributed by atoms with Crippen LogP contribution < -0.4 is 4.74 Å². The standard InChI is InChI=1S/C24H35NO8/c1-22(2,3)31-19(27)18(26)17(15-11-13-16(30-10)14-12-15)25(20(28)32-23(4,5)6)21(29)33-24(7,8)9/h11-14,17H,1-10H3. The summed E-state index contributed by atoms with van der Waals surface area (Å²) < 4.78 is 21.1. The van der Waals surface area contributed by atoms with Crippen molar-refractivity contribution in [3.63, 3.8) is 0 Å². The molecule has 33 heavy (non-hydrogen) atoms. The average Bonchev–Trinajstić information content (AvgIpc) is 2.61. The van der Waals surface area contributed by atoms with Crippen LogP contribution in [0.15, 0.2) is 24.3 Å². The van der Waals surface area contributed by atoms with E-state index in [1.807, 2.05) is 0 Å². The lowest BCUT2D eigenvalue weighted by atomic mass is 10.0. The van der Waals surface area contributed by atoms with Gasteiger partial charge in [-0.15, -0.1) is 0 Å². The van der Waals surface area contributed by atoms with Crippen molar-refractivity contribution in [2.75, 3.05) is 7.11 Å². The summed E-state index contributed by atoms with van der Waals surface area (Å²) in [6, 6.07) is 4.32. The number of hydrogen-bond acceptors (Lipinski definition) is 8. The largest absolute Gasteiger partial charge is 0.497 e. The molecule has 0 N–H and O–H groups in total. The van der Waals surface area contributed by atoms with Gasteiger partial charge in [-0.1, -0.05) is 12.1 Å². The molecule has 1 atom stereocenters. The average molecular weight is 466 g/mol. The Morgan fingerprint density at radius 1 is 0.697 bits per heavy atom. The maximum Gasteiger partial charge on any atom is 0.420 e. The van der Waals surface area contributed by atoms with E-state index in [0.717, 1.165) is 0 Å². The Kier molecular flexibility index (Phi) is 8.66. The SMILES string of the molecule is COc1ccc(C(C(=O)C(=O)OC(C)(C)C)N(C(=O)OC(C)(C)C)C(=O)OC(C)(C)C)cc1. The molecule has 0 bridgehead atoms. The number of benzene rings is 1. The lowest BCUT2D eigenvalue weighted by Crippen LogP contribution is -2.49. The summed E-state index contributed by atoms with van der Waals surface area (Å²) in [6.07, 6.45) is -2.29. The van der Waals surface area contributed by atoms with E-state index in [0.29, 0.717) is 10.6 Å². The lowest BCUT2D eigenvalue weighted by Gasteiger charge is -2.33. The third kappa shape index (κ3) is 9.11. The van der Waals surface area contributed by atoms with Crippen molar-refractivity contribution in [2.45, 2.75) is 85.2 Å². The van der Waals surface area contributed by atoms with Crippen molar-refractivity contribution in [2.24, 2.45) is 0 Å². The molecule has 0 saturated carbocycles. The molecule has 0 aromatic heterocycles. The molecule has 0 aliphatic rings. The third-order valence-corrected chi connectivity index (χ3v) is 3.72. The van der Waals surface area contributed by atoms with Crippen LogP contribution >= 0.6 is 0 Å². The molecule has 0 heterocycles. The second kappa shape index (κ2) is 10.2. The number of rotatable bonds is 5. The van der Waals surface area contributed by atoms with Crippen LogP contribution in [0.4, 0.5) is 9.59 Å². The number of carbonyl (C=O) groups is 4. The molecule has 184 valence electrons. The summed E-state index contributed by atoms with van der Waals surface area (Å²) in [4.78, 5) is 52.7. The van der Waals surface area contributed by atoms with Gasteiger partial charge < -0.3 is 18.9 Å². The second-order valence-corrected chi connectivity index (χ2v) is 10.4. The molecule has 9 heteroatoms. The summed E-state index contributed by atoms with van der Waals surface area (Å²) in [7, 11) is 1.46. The normalized spacial score (nSPS) is 12.9. The molecule has 9 nitrogen and oxygen atoms in total. The van der Waals surface area contributed by atoms with Crippen LogP contribution in [0.3, 0.4) is 0 Å². The van der Waals surface area contributed by atoms with Gasteiger partial charge in [0.1, 0.15) is 28.6 Å². The van der Waals surface area contributed by atoms with Crippen molar-refractivity contribution in [1.29, 1.82) is 0 Å². The van der Waals surface area contributed by atoms with Crippen molar-refractivity contribution in [3.05, 3.63) is 29.8 Å². The van der Waals surface area contributed by atoms with Crippen LogP contribution in [-0.2, 0) is 23.8 Å². The summed E-state index contributed by atoms with van der Waals surface area (Å²) in [6.45, 7) is 14.4. The summed E-state index contributed by atoms with van der Waals surface area (Å²) >= 11 is 0. The Morgan fingerprint density at radius 2 is 1.09 bits per heavy atom. The topological polar surface area (TPSA) is 108 Å². The number of carbonyl (C=O) groups excluding carboxylic acids is 4. The first-order valence-electron chi connectivity index (χ1n) is 10.5. The first kappa shape index (κ1) is 27.9. The fourth-order valence-electron chi connectivity index (χ4n) is 2.55. The molecule has 0 aliphatic carbocycles. The van der Waals surface area contributed by atoms with Gasteiger partial charge >= 0.3 is 18.2 Å². The smallest absolute Gasteiger partial charge is 0.420 e. The van der Waals surface area contributed by atoms with Gasteiger partial charge in [0.15, 0.2) is 0 Å². The van der Waals surface area contributed by atoms with Crippen LogP contribution in [0.1, 0.15) is 73.9 Å². The van der Waals surface area contributed by atoms with Crippen molar-refractivity contribution in [3.8, 4) is 5.75 Å². The number of methoxy groups -OCH3 is 1. The minimum absolute atomic E-state index is 0.170. The summed E-state index contributed by atoms with van der Waals surface area (Å²) in [5, 5.41) is 0. The van der Waals surface area contributed by atoms with Crippen LogP contribution in [0.5, 0.6) is 5.75 Å². The quantitative estimate of drug-likeness (QED) is 0.346. The number of Topliss-reactive ketones (excluding diaryl/α,β-unsaturated/α-hetero) is 1. The molecular formula is C24H35NO8. The van der Waals surface area contributed by atoms with Gasteiger partial charge in [0.2, 0.25) is 0 Å². The van der Waals surface area contributed by atoms with Gasteiger partial charge in [-0.3, -0.25) is 4.79 Å². The maximum absolute atomic E-state index is 13.3. The predicted molar refractivity (Wildman–Crippen MR) is 121 cm³/mol. The van der Waals surface area contributed by atoms with Gasteiger partial charge in [0.05, 0.1) is 7.11 Å². The maximum atomic E-state index is 13.3. The van der Waals surface area contributed by atoms with Crippen LogP contribution in [0.2, 0.25) is 0 Å². The Morgan fingerprint density at radius 3 is 1.42 bits per heavy atom. The van der Waals surface area contributed by atoms with E-state index in [9.17, 15) is 19.2 Å². The van der Waals surface area contributed by atoms with Crippen LogP contribution in [-0.4, -0.2) is 52.8 Å². The van der Waals surface area contributed by atoms with E-state index in [1.54, 1.807) is 62.3 Å². The highest BCUT2D eigenvalue weighted by Crippen LogP contribution is 2.29. The van der Waals surface area contributed by atoms with E-state index >= 15 is 0 Å². The minimum atomic E-state index is -1.68.